The lowest BCUT2D eigenvalue weighted by Crippen LogP contribution is -2.33. The molecule has 1 aliphatic rings. The van der Waals surface area contributed by atoms with Gasteiger partial charge in [-0.25, -0.2) is 4.79 Å². The normalized spacial score (nSPS) is 15.7. The van der Waals surface area contributed by atoms with Gasteiger partial charge in [0.15, 0.2) is 0 Å². The van der Waals surface area contributed by atoms with E-state index in [2.05, 4.69) is 17.1 Å². The van der Waals surface area contributed by atoms with Gasteiger partial charge in [0.25, 0.3) is 0 Å². The summed E-state index contributed by atoms with van der Waals surface area (Å²) in [6.07, 6.45) is 6.01. The Morgan fingerprint density at radius 1 is 1.47 bits per heavy atom. The first kappa shape index (κ1) is 14.2. The van der Waals surface area contributed by atoms with Gasteiger partial charge < -0.3 is 10.1 Å². The Morgan fingerprint density at radius 3 is 2.82 bits per heavy atom. The number of carbonyl (C=O) groups excluding carboxylic acids is 1. The highest BCUT2D eigenvalue weighted by Crippen LogP contribution is 2.25. The largest absolute Gasteiger partial charge is 0.463 e. The molecule has 4 heteroatoms. The van der Waals surface area contributed by atoms with Gasteiger partial charge in [-0.2, -0.15) is 0 Å². The molecule has 0 unspecified atom stereocenters. The lowest BCUT2D eigenvalue weighted by molar-refractivity contribution is -0.137. The predicted molar refractivity (Wildman–Crippen MR) is 68.9 cm³/mol. The number of hydrogen-bond acceptors (Lipinski definition) is 4. The van der Waals surface area contributed by atoms with E-state index < -0.39 is 0 Å². The molecular weight excluding hydrogens is 216 g/mol. The molecular formula is C13H24N2O2. The van der Waals surface area contributed by atoms with E-state index in [4.69, 9.17) is 4.74 Å². The molecule has 0 aliphatic heterocycles. The van der Waals surface area contributed by atoms with Gasteiger partial charge in [-0.05, 0) is 26.3 Å². The molecule has 1 saturated carbocycles. The number of likely N-dealkylation sites (N-methyl/N-ethyl adjacent to an activating group) is 1. The minimum absolute atomic E-state index is 0.262. The maximum Gasteiger partial charge on any atom is 0.330 e. The smallest absolute Gasteiger partial charge is 0.330 e. The number of hydrogen-bond donors (Lipinski definition) is 1. The van der Waals surface area contributed by atoms with Gasteiger partial charge in [0, 0.05) is 31.8 Å². The Labute approximate surface area is 104 Å². The van der Waals surface area contributed by atoms with E-state index in [1.54, 1.807) is 6.92 Å². The third-order valence-electron chi connectivity index (χ3n) is 2.85. The van der Waals surface area contributed by atoms with Crippen LogP contribution in [0.1, 0.15) is 26.7 Å². The van der Waals surface area contributed by atoms with Gasteiger partial charge in [-0.15, -0.1) is 0 Å². The molecule has 0 radical (unpaired) electrons. The first-order valence-electron chi connectivity index (χ1n) is 6.56. The minimum atomic E-state index is -0.262. The maximum absolute atomic E-state index is 11.0. The van der Waals surface area contributed by atoms with Crippen molar-refractivity contribution in [2.75, 3.05) is 32.8 Å². The molecule has 0 aromatic rings. The molecule has 0 bridgehead atoms. The maximum atomic E-state index is 11.0. The lowest BCUT2D eigenvalue weighted by atomic mass is 10.4. The van der Waals surface area contributed by atoms with Crippen LogP contribution in [0, 0.1) is 0 Å². The lowest BCUT2D eigenvalue weighted by Gasteiger charge is -2.19. The van der Waals surface area contributed by atoms with Crippen LogP contribution in [-0.2, 0) is 9.53 Å². The van der Waals surface area contributed by atoms with Gasteiger partial charge in [-0.3, -0.25) is 4.90 Å². The number of carbonyl (C=O) groups is 1. The van der Waals surface area contributed by atoms with E-state index in [0.717, 1.165) is 32.2 Å². The summed E-state index contributed by atoms with van der Waals surface area (Å²) in [5.41, 5.74) is 0. The number of nitrogens with one attached hydrogen (secondary N) is 1. The molecule has 1 N–H and O–H groups in total. The van der Waals surface area contributed by atoms with Crippen molar-refractivity contribution in [1.82, 2.24) is 10.2 Å². The standard InChI is InChI=1S/C13H24N2O2/c1-3-15(12-7-8-12)11-10-14-9-5-6-13(16)17-4-2/h5-6,12,14H,3-4,7-11H2,1-2H3/b6-5+. The van der Waals surface area contributed by atoms with Gasteiger partial charge in [0.05, 0.1) is 6.61 Å². The Kier molecular flexibility index (Phi) is 6.89. The van der Waals surface area contributed by atoms with Crippen LogP contribution in [0.15, 0.2) is 12.2 Å². The molecule has 0 saturated heterocycles. The zero-order chi connectivity index (χ0) is 12.5. The van der Waals surface area contributed by atoms with E-state index in [-0.39, 0.29) is 5.97 Å². The second kappa shape index (κ2) is 8.25. The molecule has 1 rings (SSSR count). The van der Waals surface area contributed by atoms with Crippen LogP contribution in [0.4, 0.5) is 0 Å². The molecule has 1 fully saturated rings. The summed E-state index contributed by atoms with van der Waals surface area (Å²) in [4.78, 5) is 13.5. The van der Waals surface area contributed by atoms with Crippen LogP contribution in [-0.4, -0.2) is 49.7 Å². The van der Waals surface area contributed by atoms with Crippen molar-refractivity contribution in [3.63, 3.8) is 0 Å². The fourth-order valence-corrected chi connectivity index (χ4v) is 1.79. The first-order valence-corrected chi connectivity index (χ1v) is 6.56. The Morgan fingerprint density at radius 2 is 2.24 bits per heavy atom. The molecule has 17 heavy (non-hydrogen) atoms. The van der Waals surface area contributed by atoms with Gasteiger partial charge in [0.2, 0.25) is 0 Å². The number of nitrogens with zero attached hydrogens (tertiary/aromatic N) is 1. The van der Waals surface area contributed by atoms with Gasteiger partial charge in [0.1, 0.15) is 0 Å². The van der Waals surface area contributed by atoms with Crippen molar-refractivity contribution in [2.24, 2.45) is 0 Å². The topological polar surface area (TPSA) is 41.6 Å². The van der Waals surface area contributed by atoms with Crippen LogP contribution in [0.2, 0.25) is 0 Å². The highest BCUT2D eigenvalue weighted by molar-refractivity contribution is 5.81. The molecule has 4 nitrogen and oxygen atoms in total. The van der Waals surface area contributed by atoms with Gasteiger partial charge in [-0.1, -0.05) is 13.0 Å². The molecule has 0 aromatic heterocycles. The third kappa shape index (κ3) is 6.44. The Balaban J connectivity index is 1.98. The minimum Gasteiger partial charge on any atom is -0.463 e. The van der Waals surface area contributed by atoms with Crippen molar-refractivity contribution in [2.45, 2.75) is 32.7 Å². The molecule has 0 spiro atoms. The summed E-state index contributed by atoms with van der Waals surface area (Å²) >= 11 is 0. The van der Waals surface area contributed by atoms with Crippen LogP contribution in [0.5, 0.6) is 0 Å². The van der Waals surface area contributed by atoms with E-state index in [1.165, 1.54) is 18.9 Å². The highest BCUT2D eigenvalue weighted by atomic mass is 16.5. The predicted octanol–water partition coefficient (Wildman–Crippen LogP) is 1.18. The van der Waals surface area contributed by atoms with Crippen molar-refractivity contribution in [3.8, 4) is 0 Å². The Hall–Kier alpha value is -0.870. The fourth-order valence-electron chi connectivity index (χ4n) is 1.79. The monoisotopic (exact) mass is 240 g/mol. The molecule has 0 aromatic carbocycles. The quantitative estimate of drug-likeness (QED) is 0.373. The highest BCUT2D eigenvalue weighted by Gasteiger charge is 2.26. The van der Waals surface area contributed by atoms with E-state index in [9.17, 15) is 4.79 Å². The molecule has 0 atom stereocenters. The zero-order valence-corrected chi connectivity index (χ0v) is 10.9. The van der Waals surface area contributed by atoms with Crippen LogP contribution in [0.25, 0.3) is 0 Å². The van der Waals surface area contributed by atoms with E-state index >= 15 is 0 Å². The number of ether oxygens (including phenoxy) is 1. The molecule has 98 valence electrons. The summed E-state index contributed by atoms with van der Waals surface area (Å²) in [6, 6.07) is 0.830. The first-order chi connectivity index (χ1) is 8.27. The van der Waals surface area contributed by atoms with Crippen LogP contribution in [0.3, 0.4) is 0 Å². The average molecular weight is 240 g/mol. The average Bonchev–Trinajstić information content (AvgIpc) is 3.13. The fraction of sp³-hybridized carbons (Fsp3) is 0.769. The third-order valence-corrected chi connectivity index (χ3v) is 2.85. The summed E-state index contributed by atoms with van der Waals surface area (Å²) in [5, 5.41) is 3.29. The summed E-state index contributed by atoms with van der Waals surface area (Å²) in [5.74, 6) is -0.262. The van der Waals surface area contributed by atoms with Crippen molar-refractivity contribution < 1.29 is 9.53 Å². The van der Waals surface area contributed by atoms with E-state index in [0.29, 0.717) is 6.61 Å². The second-order valence-corrected chi connectivity index (χ2v) is 4.22. The molecule has 0 heterocycles. The SMILES string of the molecule is CCOC(=O)/C=C/CNCCN(CC)C1CC1. The zero-order valence-electron chi connectivity index (χ0n) is 10.9. The van der Waals surface area contributed by atoms with E-state index in [1.807, 2.05) is 6.08 Å². The van der Waals surface area contributed by atoms with Gasteiger partial charge >= 0.3 is 5.97 Å². The second-order valence-electron chi connectivity index (χ2n) is 4.22. The summed E-state index contributed by atoms with van der Waals surface area (Å²) in [7, 11) is 0. The van der Waals surface area contributed by atoms with Crippen molar-refractivity contribution in [1.29, 1.82) is 0 Å². The van der Waals surface area contributed by atoms with Crippen LogP contribution < -0.4 is 5.32 Å². The summed E-state index contributed by atoms with van der Waals surface area (Å²) in [6.45, 7) is 8.36. The molecule has 0 amide bonds. The van der Waals surface area contributed by atoms with Crippen molar-refractivity contribution in [3.05, 3.63) is 12.2 Å². The number of esters is 1. The van der Waals surface area contributed by atoms with Crippen molar-refractivity contribution >= 4 is 5.97 Å². The molecule has 1 aliphatic carbocycles. The number of rotatable bonds is 9. The summed E-state index contributed by atoms with van der Waals surface area (Å²) < 4.78 is 4.78. The Bertz CT molecular complexity index is 250. The van der Waals surface area contributed by atoms with Crippen LogP contribution >= 0.6 is 0 Å².